The quantitative estimate of drug-likeness (QED) is 0.919. The van der Waals surface area contributed by atoms with Crippen molar-refractivity contribution in [1.29, 1.82) is 0 Å². The van der Waals surface area contributed by atoms with Gasteiger partial charge in [0.15, 0.2) is 0 Å². The lowest BCUT2D eigenvalue weighted by atomic mass is 10.2. The average molecular weight is 289 g/mol. The van der Waals surface area contributed by atoms with Crippen molar-refractivity contribution in [3.8, 4) is 0 Å². The molecule has 0 radical (unpaired) electrons. The Hall–Kier alpha value is -2.04. The zero-order chi connectivity index (χ0) is 15.4. The summed E-state index contributed by atoms with van der Waals surface area (Å²) < 4.78 is 0. The first-order valence-corrected chi connectivity index (χ1v) is 7.52. The van der Waals surface area contributed by atoms with E-state index >= 15 is 0 Å². The van der Waals surface area contributed by atoms with Crippen LogP contribution in [0, 0.1) is 0 Å². The van der Waals surface area contributed by atoms with Gasteiger partial charge in [0, 0.05) is 37.4 Å². The summed E-state index contributed by atoms with van der Waals surface area (Å²) in [7, 11) is 0. The molecule has 0 aromatic heterocycles. The van der Waals surface area contributed by atoms with Crippen LogP contribution in [0.25, 0.3) is 0 Å². The first kappa shape index (κ1) is 15.4. The molecule has 0 spiro atoms. The van der Waals surface area contributed by atoms with Crippen molar-refractivity contribution in [2.24, 2.45) is 0 Å². The van der Waals surface area contributed by atoms with E-state index in [2.05, 4.69) is 24.1 Å². The van der Waals surface area contributed by atoms with E-state index < -0.39 is 6.04 Å². The van der Waals surface area contributed by atoms with Crippen molar-refractivity contribution in [2.75, 3.05) is 29.4 Å². The minimum atomic E-state index is -0.470. The van der Waals surface area contributed by atoms with Crippen molar-refractivity contribution in [3.63, 3.8) is 0 Å². The number of carbonyl (C=O) groups is 2. The second-order valence-corrected chi connectivity index (χ2v) is 5.22. The lowest BCUT2D eigenvalue weighted by Crippen LogP contribution is -2.42. The number of hydrogen-bond acceptors (Lipinski definition) is 3. The summed E-state index contributed by atoms with van der Waals surface area (Å²) in [6.45, 7) is 8.30. The van der Waals surface area contributed by atoms with Crippen LogP contribution in [0.1, 0.15) is 27.2 Å². The number of nitrogens with zero attached hydrogens (tertiary/aromatic N) is 2. The molecule has 1 aromatic rings. The summed E-state index contributed by atoms with van der Waals surface area (Å²) in [5.41, 5.74) is 1.99. The van der Waals surface area contributed by atoms with E-state index in [1.807, 2.05) is 24.3 Å². The average Bonchev–Trinajstić information content (AvgIpc) is 2.61. The van der Waals surface area contributed by atoms with Crippen LogP contribution in [0.15, 0.2) is 24.3 Å². The highest BCUT2D eigenvalue weighted by Gasteiger charge is 2.27. The van der Waals surface area contributed by atoms with Crippen molar-refractivity contribution in [2.45, 2.75) is 33.2 Å². The third-order valence-corrected chi connectivity index (χ3v) is 3.87. The van der Waals surface area contributed by atoms with Crippen LogP contribution in [-0.2, 0) is 9.59 Å². The highest BCUT2D eigenvalue weighted by molar-refractivity contribution is 6.01. The number of rotatable bonds is 4. The molecule has 2 amide bonds. The molecule has 5 heteroatoms. The van der Waals surface area contributed by atoms with Crippen LogP contribution in [0.3, 0.4) is 0 Å². The van der Waals surface area contributed by atoms with Gasteiger partial charge in [-0.05, 0) is 45.0 Å². The van der Waals surface area contributed by atoms with E-state index in [1.165, 1.54) is 0 Å². The van der Waals surface area contributed by atoms with Crippen LogP contribution in [0.2, 0.25) is 0 Å². The third-order valence-electron chi connectivity index (χ3n) is 3.87. The van der Waals surface area contributed by atoms with Gasteiger partial charge in [0.1, 0.15) is 6.04 Å². The molecule has 0 aliphatic carbocycles. The first-order valence-electron chi connectivity index (χ1n) is 7.52. The lowest BCUT2D eigenvalue weighted by Gasteiger charge is -2.25. The molecule has 2 rings (SSSR count). The molecule has 1 aliphatic heterocycles. The largest absolute Gasteiger partial charge is 0.372 e. The molecule has 1 aromatic carbocycles. The van der Waals surface area contributed by atoms with E-state index in [0.717, 1.165) is 24.5 Å². The number of amides is 2. The zero-order valence-electron chi connectivity index (χ0n) is 12.9. The minimum absolute atomic E-state index is 0.0589. The molecule has 1 fully saturated rings. The number of nitrogens with one attached hydrogen (secondary N) is 1. The van der Waals surface area contributed by atoms with Crippen LogP contribution >= 0.6 is 0 Å². The Morgan fingerprint density at radius 1 is 1.19 bits per heavy atom. The molecule has 0 bridgehead atoms. The monoisotopic (exact) mass is 289 g/mol. The fourth-order valence-electron chi connectivity index (χ4n) is 2.62. The highest BCUT2D eigenvalue weighted by Crippen LogP contribution is 2.22. The predicted octanol–water partition coefficient (Wildman–Crippen LogP) is 1.77. The maximum Gasteiger partial charge on any atom is 0.249 e. The first-order chi connectivity index (χ1) is 10.1. The Morgan fingerprint density at radius 2 is 1.81 bits per heavy atom. The number of benzene rings is 1. The highest BCUT2D eigenvalue weighted by atomic mass is 16.2. The van der Waals surface area contributed by atoms with E-state index in [4.69, 9.17) is 0 Å². The van der Waals surface area contributed by atoms with Gasteiger partial charge in [-0.25, -0.2) is 0 Å². The number of hydrogen-bond donors (Lipinski definition) is 1. The predicted molar refractivity (Wildman–Crippen MR) is 84.6 cm³/mol. The lowest BCUT2D eigenvalue weighted by molar-refractivity contribution is -0.125. The second-order valence-electron chi connectivity index (χ2n) is 5.22. The molecule has 1 atom stereocenters. The van der Waals surface area contributed by atoms with E-state index in [-0.39, 0.29) is 11.8 Å². The molecular formula is C16H23N3O2. The molecule has 1 heterocycles. The molecule has 0 saturated carbocycles. The second kappa shape index (κ2) is 6.61. The number of anilines is 2. The summed E-state index contributed by atoms with van der Waals surface area (Å²) >= 11 is 0. The van der Waals surface area contributed by atoms with Crippen LogP contribution in [0.5, 0.6) is 0 Å². The van der Waals surface area contributed by atoms with Gasteiger partial charge in [-0.15, -0.1) is 0 Å². The Morgan fingerprint density at radius 3 is 2.38 bits per heavy atom. The molecule has 5 nitrogen and oxygen atoms in total. The third kappa shape index (κ3) is 3.35. The molecule has 1 saturated heterocycles. The normalized spacial score (nSPS) is 19.2. The van der Waals surface area contributed by atoms with Gasteiger partial charge in [-0.2, -0.15) is 0 Å². The smallest absolute Gasteiger partial charge is 0.249 e. The number of carbonyl (C=O) groups excluding carboxylic acids is 2. The van der Waals surface area contributed by atoms with E-state index in [9.17, 15) is 9.59 Å². The summed E-state index contributed by atoms with van der Waals surface area (Å²) in [6.07, 6.45) is 0.341. The minimum Gasteiger partial charge on any atom is -0.372 e. The van der Waals surface area contributed by atoms with Crippen LogP contribution < -0.4 is 15.1 Å². The Balaban J connectivity index is 2.21. The van der Waals surface area contributed by atoms with Gasteiger partial charge in [0.25, 0.3) is 0 Å². The summed E-state index contributed by atoms with van der Waals surface area (Å²) in [5.74, 6) is -0.130. The van der Waals surface area contributed by atoms with Gasteiger partial charge in [0.2, 0.25) is 11.8 Å². The van der Waals surface area contributed by atoms with Crippen molar-refractivity contribution >= 4 is 23.2 Å². The van der Waals surface area contributed by atoms with Crippen molar-refractivity contribution < 1.29 is 9.59 Å². The Labute approximate surface area is 125 Å². The fraction of sp³-hybridized carbons (Fsp3) is 0.500. The van der Waals surface area contributed by atoms with Crippen LogP contribution in [0.4, 0.5) is 11.4 Å². The standard InChI is InChI=1S/C16H23N3O2/c1-4-18(5-2)13-6-8-14(9-7-13)19-11-10-15(20)17-12(3)16(19)21/h6-9,12H,4-5,10-11H2,1-3H3,(H,17,20). The Kier molecular flexibility index (Phi) is 4.83. The molecule has 21 heavy (non-hydrogen) atoms. The summed E-state index contributed by atoms with van der Waals surface area (Å²) in [6, 6.07) is 7.49. The summed E-state index contributed by atoms with van der Waals surface area (Å²) in [4.78, 5) is 27.8. The molecule has 1 unspecified atom stereocenters. The molecule has 114 valence electrons. The fourth-order valence-corrected chi connectivity index (χ4v) is 2.62. The zero-order valence-corrected chi connectivity index (χ0v) is 12.9. The molecule has 1 aliphatic rings. The van der Waals surface area contributed by atoms with Gasteiger partial charge < -0.3 is 15.1 Å². The van der Waals surface area contributed by atoms with Gasteiger partial charge in [-0.1, -0.05) is 0 Å². The van der Waals surface area contributed by atoms with E-state index in [1.54, 1.807) is 11.8 Å². The Bertz CT molecular complexity index is 509. The topological polar surface area (TPSA) is 52.6 Å². The maximum absolute atomic E-state index is 12.3. The van der Waals surface area contributed by atoms with Gasteiger partial charge in [-0.3, -0.25) is 9.59 Å². The maximum atomic E-state index is 12.3. The van der Waals surface area contributed by atoms with E-state index in [0.29, 0.717) is 13.0 Å². The van der Waals surface area contributed by atoms with Crippen molar-refractivity contribution in [1.82, 2.24) is 5.32 Å². The van der Waals surface area contributed by atoms with Gasteiger partial charge >= 0.3 is 0 Å². The molecule has 1 N–H and O–H groups in total. The molecular weight excluding hydrogens is 266 g/mol. The SMILES string of the molecule is CCN(CC)c1ccc(N2CCC(=O)NC(C)C2=O)cc1. The van der Waals surface area contributed by atoms with Gasteiger partial charge in [0.05, 0.1) is 0 Å². The van der Waals surface area contributed by atoms with Crippen molar-refractivity contribution in [3.05, 3.63) is 24.3 Å². The summed E-state index contributed by atoms with van der Waals surface area (Å²) in [5, 5.41) is 2.70. The van der Waals surface area contributed by atoms with Crippen LogP contribution in [-0.4, -0.2) is 37.5 Å².